The molecule has 0 rings (SSSR count). The van der Waals surface area contributed by atoms with Crippen molar-refractivity contribution in [3.05, 3.63) is 12.2 Å². The van der Waals surface area contributed by atoms with Crippen LogP contribution in [-0.4, -0.2) is 5.97 Å². The Bertz CT molecular complexity index is 95.0. The van der Waals surface area contributed by atoms with Crippen molar-refractivity contribution >= 4 is 18.9 Å². The molecule has 0 atom stereocenters. The summed E-state index contributed by atoms with van der Waals surface area (Å²) in [6.45, 7) is 5.25. The molecule has 0 aliphatic heterocycles. The molecule has 0 aromatic heterocycles. The van der Waals surface area contributed by atoms with Gasteiger partial charge in [0.05, 0.1) is 0 Å². The highest BCUT2D eigenvalue weighted by Crippen LogP contribution is 1.99. The number of thiol groups is 1. The highest BCUT2D eigenvalue weighted by atomic mass is 32.1. The zero-order chi connectivity index (χ0) is 6.57. The Morgan fingerprint density at radius 3 is 2.50 bits per heavy atom. The molecule has 0 saturated carbocycles. The lowest BCUT2D eigenvalue weighted by Gasteiger charge is -1.94. The van der Waals surface area contributed by atoms with Crippen LogP contribution < -0.4 is 0 Å². The van der Waals surface area contributed by atoms with E-state index in [2.05, 4.69) is 23.7 Å². The van der Waals surface area contributed by atoms with Crippen LogP contribution in [0.1, 0.15) is 13.3 Å². The average Bonchev–Trinajstić information content (AvgIpc) is 1.84. The molecule has 8 heavy (non-hydrogen) atoms. The SMILES string of the molecule is C=C(CC)C(=O)OS. The zero-order valence-electron chi connectivity index (χ0n) is 4.68. The van der Waals surface area contributed by atoms with Crippen molar-refractivity contribution in [2.75, 3.05) is 0 Å². The highest BCUT2D eigenvalue weighted by molar-refractivity contribution is 7.75. The predicted octanol–water partition coefficient (Wildman–Crippen LogP) is 1.34. The van der Waals surface area contributed by atoms with Gasteiger partial charge in [-0.05, 0) is 6.42 Å². The Labute approximate surface area is 54.1 Å². The molecule has 2 nitrogen and oxygen atoms in total. The van der Waals surface area contributed by atoms with Crippen LogP contribution in [0.4, 0.5) is 0 Å². The van der Waals surface area contributed by atoms with Crippen LogP contribution in [-0.2, 0) is 8.98 Å². The van der Waals surface area contributed by atoms with E-state index in [0.29, 0.717) is 12.0 Å². The molecule has 0 amide bonds. The van der Waals surface area contributed by atoms with E-state index in [9.17, 15) is 4.79 Å². The van der Waals surface area contributed by atoms with Crippen molar-refractivity contribution < 1.29 is 8.98 Å². The number of carbonyl (C=O) groups excluding carboxylic acids is 1. The fourth-order valence-corrected chi connectivity index (χ4v) is 0.338. The minimum atomic E-state index is -0.448. The summed E-state index contributed by atoms with van der Waals surface area (Å²) in [6, 6.07) is 0. The van der Waals surface area contributed by atoms with Gasteiger partial charge in [0.2, 0.25) is 0 Å². The molecule has 0 aliphatic carbocycles. The second-order valence-corrected chi connectivity index (χ2v) is 1.52. The van der Waals surface area contributed by atoms with Gasteiger partial charge in [-0.2, -0.15) is 0 Å². The van der Waals surface area contributed by atoms with Crippen molar-refractivity contribution in [3.63, 3.8) is 0 Å². The van der Waals surface area contributed by atoms with Crippen molar-refractivity contribution in [1.29, 1.82) is 0 Å². The maximum Gasteiger partial charge on any atom is 0.345 e. The Balaban J connectivity index is 3.64. The number of rotatable bonds is 2. The Morgan fingerprint density at radius 2 is 2.38 bits per heavy atom. The van der Waals surface area contributed by atoms with Crippen molar-refractivity contribution in [2.45, 2.75) is 13.3 Å². The molecule has 0 aromatic carbocycles. The molecule has 46 valence electrons. The molecule has 0 aliphatic rings. The Hall–Kier alpha value is -0.440. The second-order valence-electron chi connectivity index (χ2n) is 1.34. The molecule has 0 radical (unpaired) electrons. The maximum atomic E-state index is 10.3. The van der Waals surface area contributed by atoms with Crippen molar-refractivity contribution in [3.8, 4) is 0 Å². The summed E-state index contributed by atoms with van der Waals surface area (Å²) in [5, 5.41) is 0. The molecule has 3 heteroatoms. The maximum absolute atomic E-state index is 10.3. The average molecular weight is 132 g/mol. The van der Waals surface area contributed by atoms with Gasteiger partial charge in [-0.3, -0.25) is 0 Å². The summed E-state index contributed by atoms with van der Waals surface area (Å²) in [6.07, 6.45) is 0.611. The lowest BCUT2D eigenvalue weighted by Crippen LogP contribution is -1.98. The van der Waals surface area contributed by atoms with Crippen LogP contribution in [0.15, 0.2) is 12.2 Å². The quantitative estimate of drug-likeness (QED) is 0.348. The van der Waals surface area contributed by atoms with Crippen molar-refractivity contribution in [1.82, 2.24) is 0 Å². The Kier molecular flexibility index (Phi) is 3.35. The largest absolute Gasteiger partial charge is 0.391 e. The summed E-state index contributed by atoms with van der Waals surface area (Å²) in [4.78, 5) is 10.3. The first-order chi connectivity index (χ1) is 3.72. The van der Waals surface area contributed by atoms with Crippen LogP contribution >= 0.6 is 12.9 Å². The van der Waals surface area contributed by atoms with Gasteiger partial charge >= 0.3 is 5.97 Å². The van der Waals surface area contributed by atoms with Crippen LogP contribution in [0.2, 0.25) is 0 Å². The molecule has 0 saturated heterocycles. The van der Waals surface area contributed by atoms with Crippen LogP contribution in [0.3, 0.4) is 0 Å². The van der Waals surface area contributed by atoms with E-state index < -0.39 is 5.97 Å². The highest BCUT2D eigenvalue weighted by Gasteiger charge is 2.01. The normalized spacial score (nSPS) is 8.25. The third kappa shape index (κ3) is 2.02. The first kappa shape index (κ1) is 7.56. The van der Waals surface area contributed by atoms with Gasteiger partial charge in [0.1, 0.15) is 0 Å². The van der Waals surface area contributed by atoms with Gasteiger partial charge in [0.25, 0.3) is 0 Å². The molecule has 0 fully saturated rings. The summed E-state index contributed by atoms with van der Waals surface area (Å²) in [5.74, 6) is -0.448. The van der Waals surface area contributed by atoms with Gasteiger partial charge in [0.15, 0.2) is 0 Å². The zero-order valence-corrected chi connectivity index (χ0v) is 5.57. The van der Waals surface area contributed by atoms with E-state index in [-0.39, 0.29) is 0 Å². The van der Waals surface area contributed by atoms with Gasteiger partial charge in [-0.25, -0.2) is 4.79 Å². The number of hydrogen-bond acceptors (Lipinski definition) is 3. The van der Waals surface area contributed by atoms with E-state index >= 15 is 0 Å². The van der Waals surface area contributed by atoms with E-state index in [1.54, 1.807) is 0 Å². The first-order valence-corrected chi connectivity index (χ1v) is 2.62. The lowest BCUT2D eigenvalue weighted by molar-refractivity contribution is -0.128. The minimum Gasteiger partial charge on any atom is -0.391 e. The molecular weight excluding hydrogens is 124 g/mol. The third-order valence-electron chi connectivity index (χ3n) is 0.798. The van der Waals surface area contributed by atoms with Gasteiger partial charge in [0, 0.05) is 18.5 Å². The second kappa shape index (κ2) is 3.55. The van der Waals surface area contributed by atoms with Crippen molar-refractivity contribution in [2.24, 2.45) is 0 Å². The summed E-state index contributed by atoms with van der Waals surface area (Å²) < 4.78 is 4.06. The molecule has 0 N–H and O–H groups in total. The van der Waals surface area contributed by atoms with Crippen LogP contribution in [0, 0.1) is 0 Å². The first-order valence-electron chi connectivity index (χ1n) is 2.26. The molecule has 0 unspecified atom stereocenters. The summed E-state index contributed by atoms with van der Waals surface area (Å²) in [7, 11) is 0. The topological polar surface area (TPSA) is 26.3 Å². The lowest BCUT2D eigenvalue weighted by atomic mass is 10.2. The molecule has 0 bridgehead atoms. The number of carbonyl (C=O) groups is 1. The summed E-state index contributed by atoms with van der Waals surface area (Å²) >= 11 is 3.30. The van der Waals surface area contributed by atoms with E-state index in [4.69, 9.17) is 0 Å². The van der Waals surface area contributed by atoms with E-state index in [0.717, 1.165) is 0 Å². The third-order valence-corrected chi connectivity index (χ3v) is 0.964. The van der Waals surface area contributed by atoms with E-state index in [1.807, 2.05) is 6.92 Å². The number of hydrogen-bond donors (Lipinski definition) is 1. The van der Waals surface area contributed by atoms with Crippen LogP contribution in [0.25, 0.3) is 0 Å². The fraction of sp³-hybridized carbons (Fsp3) is 0.400. The van der Waals surface area contributed by atoms with E-state index in [1.165, 1.54) is 0 Å². The molecule has 0 aromatic rings. The minimum absolute atomic E-state index is 0.444. The standard InChI is InChI=1S/C5H8O2S/c1-3-4(2)5(6)7-8/h8H,2-3H2,1H3. The Morgan fingerprint density at radius 1 is 1.88 bits per heavy atom. The molecule has 0 spiro atoms. The van der Waals surface area contributed by atoms with Gasteiger partial charge < -0.3 is 4.18 Å². The monoisotopic (exact) mass is 132 g/mol. The predicted molar refractivity (Wildman–Crippen MR) is 34.5 cm³/mol. The van der Waals surface area contributed by atoms with Gasteiger partial charge in [-0.1, -0.05) is 13.5 Å². The fourth-order valence-electron chi connectivity index (χ4n) is 0.209. The molecular formula is C5H8O2S. The van der Waals surface area contributed by atoms with Gasteiger partial charge in [-0.15, -0.1) is 0 Å². The molecule has 0 heterocycles. The smallest absolute Gasteiger partial charge is 0.345 e. The van der Waals surface area contributed by atoms with Crippen LogP contribution in [0.5, 0.6) is 0 Å². The summed E-state index contributed by atoms with van der Waals surface area (Å²) in [5.41, 5.74) is 0.444.